The van der Waals surface area contributed by atoms with Gasteiger partial charge >= 0.3 is 6.18 Å². The number of Topliss-reactive ketones (excluding diaryl/α,β-unsaturated/α-hetero) is 1. The molecule has 1 rings (SSSR count). The van der Waals surface area contributed by atoms with Crippen LogP contribution in [0, 0.1) is 11.6 Å². The normalized spacial score (nSPS) is 13.6. The van der Waals surface area contributed by atoms with Crippen molar-refractivity contribution in [3.05, 3.63) is 35.4 Å². The molecule has 0 aliphatic heterocycles. The van der Waals surface area contributed by atoms with Crippen LogP contribution in [0.2, 0.25) is 0 Å². The molecule has 0 fully saturated rings. The van der Waals surface area contributed by atoms with E-state index < -0.39 is 41.7 Å². The van der Waals surface area contributed by atoms with Crippen molar-refractivity contribution in [1.82, 2.24) is 4.90 Å². The van der Waals surface area contributed by atoms with Gasteiger partial charge in [-0.1, -0.05) is 6.92 Å². The molecule has 1 atom stereocenters. The third-order valence-electron chi connectivity index (χ3n) is 2.91. The van der Waals surface area contributed by atoms with Gasteiger partial charge in [0.15, 0.2) is 5.78 Å². The summed E-state index contributed by atoms with van der Waals surface area (Å²) in [5.41, 5.74) is -0.417. The largest absolute Gasteiger partial charge is 0.401 e. The summed E-state index contributed by atoms with van der Waals surface area (Å²) < 4.78 is 63.3. The molecule has 0 bridgehead atoms. The van der Waals surface area contributed by atoms with Crippen LogP contribution in [-0.4, -0.2) is 36.0 Å². The molecule has 1 aromatic carbocycles. The first-order chi connectivity index (χ1) is 9.15. The summed E-state index contributed by atoms with van der Waals surface area (Å²) in [5.74, 6) is -2.74. The average Bonchev–Trinajstić information content (AvgIpc) is 2.33. The summed E-state index contributed by atoms with van der Waals surface area (Å²) in [6.07, 6.45) is -4.45. The zero-order valence-corrected chi connectivity index (χ0v) is 11.0. The van der Waals surface area contributed by atoms with Crippen LogP contribution in [0.5, 0.6) is 0 Å². The maximum atomic E-state index is 13.5. The van der Waals surface area contributed by atoms with Gasteiger partial charge in [0.25, 0.3) is 0 Å². The van der Waals surface area contributed by atoms with E-state index >= 15 is 0 Å². The van der Waals surface area contributed by atoms with E-state index in [9.17, 15) is 26.7 Å². The Balaban J connectivity index is 2.94. The Kier molecular flexibility index (Phi) is 5.21. The number of alkyl halides is 3. The Labute approximate surface area is 113 Å². The molecule has 2 nitrogen and oxygen atoms in total. The van der Waals surface area contributed by atoms with E-state index in [1.54, 1.807) is 0 Å². The topological polar surface area (TPSA) is 20.3 Å². The first kappa shape index (κ1) is 16.6. The van der Waals surface area contributed by atoms with Gasteiger partial charge in [0.1, 0.15) is 11.6 Å². The first-order valence-corrected chi connectivity index (χ1v) is 5.95. The predicted octanol–water partition coefficient (Wildman–Crippen LogP) is 3.42. The molecule has 0 radical (unpaired) electrons. The average molecular weight is 295 g/mol. The second-order valence-electron chi connectivity index (χ2n) is 4.34. The molecule has 112 valence electrons. The molecule has 0 N–H and O–H groups in total. The summed E-state index contributed by atoms with van der Waals surface area (Å²) in [5, 5.41) is 0. The summed E-state index contributed by atoms with van der Waals surface area (Å²) >= 11 is 0. The van der Waals surface area contributed by atoms with Crippen molar-refractivity contribution < 1.29 is 26.7 Å². The van der Waals surface area contributed by atoms with Gasteiger partial charge in [-0.25, -0.2) is 8.78 Å². The van der Waals surface area contributed by atoms with Crippen LogP contribution < -0.4 is 0 Å². The maximum absolute atomic E-state index is 13.5. The van der Waals surface area contributed by atoms with Crippen molar-refractivity contribution in [3.8, 4) is 0 Å². The highest BCUT2D eigenvalue weighted by atomic mass is 19.4. The molecule has 0 saturated carbocycles. The molecular formula is C13H14F5NO. The summed E-state index contributed by atoms with van der Waals surface area (Å²) in [6.45, 7) is 1.45. The fraction of sp³-hybridized carbons (Fsp3) is 0.462. The Hall–Kier alpha value is -1.50. The first-order valence-electron chi connectivity index (χ1n) is 5.95. The highest BCUT2D eigenvalue weighted by molar-refractivity contribution is 6.00. The molecule has 0 amide bonds. The van der Waals surface area contributed by atoms with E-state index in [1.807, 2.05) is 0 Å². The van der Waals surface area contributed by atoms with E-state index in [1.165, 1.54) is 13.8 Å². The minimum atomic E-state index is -4.45. The highest BCUT2D eigenvalue weighted by Crippen LogP contribution is 2.20. The molecule has 0 heterocycles. The van der Waals surface area contributed by atoms with Crippen LogP contribution in [0.25, 0.3) is 0 Å². The summed E-state index contributed by atoms with van der Waals surface area (Å²) in [7, 11) is 0. The van der Waals surface area contributed by atoms with Gasteiger partial charge in [-0.05, 0) is 25.6 Å². The Morgan fingerprint density at radius 3 is 2.35 bits per heavy atom. The number of carbonyl (C=O) groups is 1. The van der Waals surface area contributed by atoms with Gasteiger partial charge in [0.05, 0.1) is 18.2 Å². The standard InChI is InChI=1S/C13H14F5NO/c1-3-19(7-13(16,17)18)8(2)12(20)10-5-4-9(14)6-11(10)15/h4-6,8H,3,7H2,1-2H3. The van der Waals surface area contributed by atoms with E-state index in [2.05, 4.69) is 0 Å². The molecule has 1 unspecified atom stereocenters. The Morgan fingerprint density at radius 2 is 1.90 bits per heavy atom. The lowest BCUT2D eigenvalue weighted by Crippen LogP contribution is -2.44. The number of hydrogen-bond donors (Lipinski definition) is 0. The summed E-state index contributed by atoms with van der Waals surface area (Å²) in [4.78, 5) is 12.9. The van der Waals surface area contributed by atoms with E-state index in [0.717, 1.165) is 17.0 Å². The fourth-order valence-corrected chi connectivity index (χ4v) is 1.83. The number of rotatable bonds is 5. The SMILES string of the molecule is CCN(CC(F)(F)F)C(C)C(=O)c1ccc(F)cc1F. The van der Waals surface area contributed by atoms with Gasteiger partial charge in [0.2, 0.25) is 0 Å². The third-order valence-corrected chi connectivity index (χ3v) is 2.91. The van der Waals surface area contributed by atoms with Gasteiger partial charge in [-0.3, -0.25) is 9.69 Å². The van der Waals surface area contributed by atoms with Crippen LogP contribution >= 0.6 is 0 Å². The second-order valence-corrected chi connectivity index (χ2v) is 4.34. The smallest absolute Gasteiger partial charge is 0.292 e. The molecule has 7 heteroatoms. The van der Waals surface area contributed by atoms with Crippen molar-refractivity contribution in [2.24, 2.45) is 0 Å². The minimum Gasteiger partial charge on any atom is -0.292 e. The monoisotopic (exact) mass is 295 g/mol. The predicted molar refractivity (Wildman–Crippen MR) is 63.5 cm³/mol. The molecule has 0 aromatic heterocycles. The lowest BCUT2D eigenvalue weighted by molar-refractivity contribution is -0.147. The fourth-order valence-electron chi connectivity index (χ4n) is 1.83. The van der Waals surface area contributed by atoms with Crippen LogP contribution in [0.3, 0.4) is 0 Å². The lowest BCUT2D eigenvalue weighted by atomic mass is 10.0. The van der Waals surface area contributed by atoms with Gasteiger partial charge in [-0.2, -0.15) is 13.2 Å². The number of carbonyl (C=O) groups excluding carboxylic acids is 1. The van der Waals surface area contributed by atoms with Crippen molar-refractivity contribution in [2.45, 2.75) is 26.1 Å². The molecular weight excluding hydrogens is 281 g/mol. The number of benzene rings is 1. The van der Waals surface area contributed by atoms with Crippen LogP contribution in [0.4, 0.5) is 22.0 Å². The number of likely N-dealkylation sites (N-methyl/N-ethyl adjacent to an activating group) is 1. The van der Waals surface area contributed by atoms with Crippen molar-refractivity contribution >= 4 is 5.78 Å². The third kappa shape index (κ3) is 4.26. The van der Waals surface area contributed by atoms with Gasteiger partial charge < -0.3 is 0 Å². The minimum absolute atomic E-state index is 0.0186. The van der Waals surface area contributed by atoms with Crippen molar-refractivity contribution in [3.63, 3.8) is 0 Å². The van der Waals surface area contributed by atoms with Gasteiger partial charge in [-0.15, -0.1) is 0 Å². The highest BCUT2D eigenvalue weighted by Gasteiger charge is 2.34. The second kappa shape index (κ2) is 6.30. The number of hydrogen-bond acceptors (Lipinski definition) is 2. The molecule has 20 heavy (non-hydrogen) atoms. The molecule has 0 spiro atoms. The van der Waals surface area contributed by atoms with Crippen LogP contribution in [0.15, 0.2) is 18.2 Å². The number of halogens is 5. The van der Waals surface area contributed by atoms with E-state index in [-0.39, 0.29) is 6.54 Å². The van der Waals surface area contributed by atoms with Crippen molar-refractivity contribution in [1.29, 1.82) is 0 Å². The Morgan fingerprint density at radius 1 is 1.30 bits per heavy atom. The quantitative estimate of drug-likeness (QED) is 0.613. The zero-order valence-electron chi connectivity index (χ0n) is 11.0. The lowest BCUT2D eigenvalue weighted by Gasteiger charge is -2.27. The van der Waals surface area contributed by atoms with Crippen molar-refractivity contribution in [2.75, 3.05) is 13.1 Å². The van der Waals surface area contributed by atoms with Crippen LogP contribution in [-0.2, 0) is 0 Å². The van der Waals surface area contributed by atoms with E-state index in [4.69, 9.17) is 0 Å². The molecule has 0 aliphatic rings. The maximum Gasteiger partial charge on any atom is 0.401 e. The van der Waals surface area contributed by atoms with Gasteiger partial charge in [0, 0.05) is 6.07 Å². The number of nitrogens with zero attached hydrogens (tertiary/aromatic N) is 1. The van der Waals surface area contributed by atoms with Crippen LogP contribution in [0.1, 0.15) is 24.2 Å². The molecule has 1 aromatic rings. The zero-order chi connectivity index (χ0) is 15.5. The summed E-state index contributed by atoms with van der Waals surface area (Å²) in [6, 6.07) is 1.20. The number of ketones is 1. The molecule has 0 aliphatic carbocycles. The Bertz CT molecular complexity index is 486. The molecule has 0 saturated heterocycles. The van der Waals surface area contributed by atoms with E-state index in [0.29, 0.717) is 6.07 Å².